The van der Waals surface area contributed by atoms with Gasteiger partial charge in [-0.1, -0.05) is 0 Å². The van der Waals surface area contributed by atoms with Gasteiger partial charge in [0, 0.05) is 22.9 Å². The molecule has 0 spiro atoms. The van der Waals surface area contributed by atoms with Crippen LogP contribution in [0.4, 0.5) is 0 Å². The molecule has 1 aromatic carbocycles. The van der Waals surface area contributed by atoms with Crippen LogP contribution in [0.3, 0.4) is 0 Å². The second-order valence-electron chi connectivity index (χ2n) is 7.16. The highest BCUT2D eigenvalue weighted by atomic mass is 16.5. The largest absolute Gasteiger partial charge is 0.494 e. The van der Waals surface area contributed by atoms with Gasteiger partial charge in [0.05, 0.1) is 24.9 Å². The second-order valence-corrected chi connectivity index (χ2v) is 7.16. The Hall–Kier alpha value is -1.81. The molecule has 4 rings (SSSR count). The van der Waals surface area contributed by atoms with Gasteiger partial charge in [-0.15, -0.1) is 0 Å². The molecule has 0 bridgehead atoms. The standard InChI is InChI=1S/C20H26N2O2/c1-2-23-16-7-8-19-17(10-16)18-9-14(12-24-20(18)11-22-19)13-3-5-15(21)6-4-13/h7-8,10-11,13-15H,2-6,9,12,21H2,1H3/t13-,14?,15-. The Balaban J connectivity index is 1.64. The van der Waals surface area contributed by atoms with E-state index >= 15 is 0 Å². The van der Waals surface area contributed by atoms with Crippen molar-refractivity contribution >= 4 is 10.9 Å². The fraction of sp³-hybridized carbons (Fsp3) is 0.550. The molecule has 2 heterocycles. The zero-order valence-electron chi connectivity index (χ0n) is 14.3. The number of rotatable bonds is 3. The Morgan fingerprint density at radius 2 is 2.04 bits per heavy atom. The number of hydrogen-bond donors (Lipinski definition) is 1. The Kier molecular flexibility index (Phi) is 4.31. The number of benzene rings is 1. The minimum atomic E-state index is 0.400. The molecule has 1 aromatic heterocycles. The van der Waals surface area contributed by atoms with Gasteiger partial charge in [-0.25, -0.2) is 0 Å². The van der Waals surface area contributed by atoms with E-state index in [1.165, 1.54) is 23.8 Å². The van der Waals surface area contributed by atoms with Crippen molar-refractivity contribution < 1.29 is 9.47 Å². The maximum atomic E-state index is 6.09. The molecule has 1 unspecified atom stereocenters. The smallest absolute Gasteiger partial charge is 0.141 e. The van der Waals surface area contributed by atoms with Crippen molar-refractivity contribution in [2.24, 2.45) is 17.6 Å². The number of nitrogens with zero attached hydrogens (tertiary/aromatic N) is 1. The molecule has 2 N–H and O–H groups in total. The van der Waals surface area contributed by atoms with Crippen LogP contribution >= 0.6 is 0 Å². The Morgan fingerprint density at radius 3 is 2.83 bits per heavy atom. The zero-order chi connectivity index (χ0) is 16.5. The van der Waals surface area contributed by atoms with Gasteiger partial charge < -0.3 is 15.2 Å². The van der Waals surface area contributed by atoms with Crippen molar-refractivity contribution in [3.05, 3.63) is 30.0 Å². The molecule has 1 saturated carbocycles. The molecule has 4 nitrogen and oxygen atoms in total. The Labute approximate surface area is 143 Å². The Bertz CT molecular complexity index is 723. The number of fused-ring (bicyclic) bond motifs is 3. The van der Waals surface area contributed by atoms with Crippen molar-refractivity contribution in [3.8, 4) is 11.5 Å². The lowest BCUT2D eigenvalue weighted by molar-refractivity contribution is 0.139. The van der Waals surface area contributed by atoms with E-state index in [4.69, 9.17) is 15.2 Å². The molecule has 1 fully saturated rings. The molecular weight excluding hydrogens is 300 g/mol. The van der Waals surface area contributed by atoms with Gasteiger partial charge in [-0.05, 0) is 63.1 Å². The summed E-state index contributed by atoms with van der Waals surface area (Å²) in [7, 11) is 0. The maximum Gasteiger partial charge on any atom is 0.141 e. The van der Waals surface area contributed by atoms with E-state index in [-0.39, 0.29) is 0 Å². The molecular formula is C20H26N2O2. The minimum Gasteiger partial charge on any atom is -0.494 e. The van der Waals surface area contributed by atoms with Crippen molar-refractivity contribution in [1.29, 1.82) is 0 Å². The van der Waals surface area contributed by atoms with E-state index in [2.05, 4.69) is 11.1 Å². The van der Waals surface area contributed by atoms with E-state index in [1.807, 2.05) is 25.3 Å². The normalized spacial score (nSPS) is 26.7. The molecule has 1 atom stereocenters. The summed E-state index contributed by atoms with van der Waals surface area (Å²) in [5.41, 5.74) is 8.39. The van der Waals surface area contributed by atoms with Crippen LogP contribution in [0.25, 0.3) is 10.9 Å². The average molecular weight is 326 g/mol. The van der Waals surface area contributed by atoms with Crippen LogP contribution in [-0.2, 0) is 6.42 Å². The predicted octanol–water partition coefficient (Wildman–Crippen LogP) is 3.70. The van der Waals surface area contributed by atoms with Crippen LogP contribution in [0.5, 0.6) is 11.5 Å². The summed E-state index contributed by atoms with van der Waals surface area (Å²) < 4.78 is 11.8. The summed E-state index contributed by atoms with van der Waals surface area (Å²) in [4.78, 5) is 4.55. The molecule has 0 amide bonds. The summed E-state index contributed by atoms with van der Waals surface area (Å²) in [6, 6.07) is 6.56. The van der Waals surface area contributed by atoms with Crippen LogP contribution in [0, 0.1) is 11.8 Å². The summed E-state index contributed by atoms with van der Waals surface area (Å²) in [5, 5.41) is 1.18. The molecule has 4 heteroatoms. The Morgan fingerprint density at radius 1 is 1.21 bits per heavy atom. The van der Waals surface area contributed by atoms with Crippen LogP contribution in [0.15, 0.2) is 24.4 Å². The summed E-state index contributed by atoms with van der Waals surface area (Å²) in [6.45, 7) is 3.50. The van der Waals surface area contributed by atoms with Gasteiger partial charge in [0.25, 0.3) is 0 Å². The first kappa shape index (κ1) is 15.7. The quantitative estimate of drug-likeness (QED) is 0.934. The fourth-order valence-electron chi connectivity index (χ4n) is 4.24. The summed E-state index contributed by atoms with van der Waals surface area (Å²) in [6.07, 6.45) is 7.73. The highest BCUT2D eigenvalue weighted by Gasteiger charge is 2.31. The molecule has 1 aliphatic heterocycles. The van der Waals surface area contributed by atoms with Crippen molar-refractivity contribution in [2.45, 2.75) is 45.1 Å². The number of nitrogens with two attached hydrogens (primary N) is 1. The molecule has 0 saturated heterocycles. The van der Waals surface area contributed by atoms with Crippen molar-refractivity contribution in [3.63, 3.8) is 0 Å². The molecule has 2 aromatic rings. The van der Waals surface area contributed by atoms with Crippen LogP contribution in [0.1, 0.15) is 38.2 Å². The lowest BCUT2D eigenvalue weighted by Crippen LogP contribution is -2.34. The lowest BCUT2D eigenvalue weighted by Gasteiger charge is -2.35. The van der Waals surface area contributed by atoms with Crippen LogP contribution in [-0.4, -0.2) is 24.2 Å². The zero-order valence-corrected chi connectivity index (χ0v) is 14.3. The third-order valence-corrected chi connectivity index (χ3v) is 5.62. The third-order valence-electron chi connectivity index (χ3n) is 5.62. The first-order chi connectivity index (χ1) is 11.7. The number of ether oxygens (including phenoxy) is 2. The van der Waals surface area contributed by atoms with E-state index in [0.717, 1.165) is 48.8 Å². The molecule has 128 valence electrons. The minimum absolute atomic E-state index is 0.400. The monoisotopic (exact) mass is 326 g/mol. The van der Waals surface area contributed by atoms with Gasteiger partial charge in [-0.3, -0.25) is 4.98 Å². The molecule has 1 aliphatic carbocycles. The molecule has 2 aliphatic rings. The van der Waals surface area contributed by atoms with Gasteiger partial charge in [0.15, 0.2) is 0 Å². The fourth-order valence-corrected chi connectivity index (χ4v) is 4.24. The van der Waals surface area contributed by atoms with Gasteiger partial charge in [0.2, 0.25) is 0 Å². The number of pyridine rings is 1. The maximum absolute atomic E-state index is 6.09. The SMILES string of the molecule is CCOc1ccc2ncc3c(c2c1)CC([C@H]1CC[C@H](N)CC1)CO3. The van der Waals surface area contributed by atoms with E-state index in [0.29, 0.717) is 18.6 Å². The predicted molar refractivity (Wildman–Crippen MR) is 95.5 cm³/mol. The first-order valence-corrected chi connectivity index (χ1v) is 9.17. The molecule has 24 heavy (non-hydrogen) atoms. The van der Waals surface area contributed by atoms with Crippen LogP contribution in [0.2, 0.25) is 0 Å². The van der Waals surface area contributed by atoms with Gasteiger partial charge >= 0.3 is 0 Å². The van der Waals surface area contributed by atoms with Crippen LogP contribution < -0.4 is 15.2 Å². The number of aromatic nitrogens is 1. The van der Waals surface area contributed by atoms with Gasteiger partial charge in [-0.2, -0.15) is 0 Å². The summed E-state index contributed by atoms with van der Waals surface area (Å²) >= 11 is 0. The molecule has 0 radical (unpaired) electrons. The second kappa shape index (κ2) is 6.60. The number of hydrogen-bond acceptors (Lipinski definition) is 4. The van der Waals surface area contributed by atoms with E-state index in [1.54, 1.807) is 0 Å². The highest BCUT2D eigenvalue weighted by molar-refractivity contribution is 5.85. The third kappa shape index (κ3) is 2.95. The first-order valence-electron chi connectivity index (χ1n) is 9.17. The highest BCUT2D eigenvalue weighted by Crippen LogP contribution is 2.39. The van der Waals surface area contributed by atoms with Gasteiger partial charge in [0.1, 0.15) is 11.5 Å². The van der Waals surface area contributed by atoms with Crippen molar-refractivity contribution in [2.75, 3.05) is 13.2 Å². The average Bonchev–Trinajstić information content (AvgIpc) is 2.62. The summed E-state index contributed by atoms with van der Waals surface area (Å²) in [5.74, 6) is 3.17. The topological polar surface area (TPSA) is 57.4 Å². The van der Waals surface area contributed by atoms with E-state index in [9.17, 15) is 0 Å². The van der Waals surface area contributed by atoms with E-state index < -0.39 is 0 Å². The lowest BCUT2D eigenvalue weighted by atomic mass is 9.75. The van der Waals surface area contributed by atoms with Crippen molar-refractivity contribution in [1.82, 2.24) is 4.98 Å².